The summed E-state index contributed by atoms with van der Waals surface area (Å²) < 4.78 is 13.4. The third-order valence-electron chi connectivity index (χ3n) is 13.1. The molecule has 2 aliphatic rings. The number of hydrogen-bond acceptors (Lipinski definition) is 4. The molecule has 62 heavy (non-hydrogen) atoms. The molecule has 4 heteroatoms. The van der Waals surface area contributed by atoms with Crippen LogP contribution in [0.15, 0.2) is 172 Å². The second kappa shape index (κ2) is 14.4. The summed E-state index contributed by atoms with van der Waals surface area (Å²) in [6.45, 7) is 13.6. The molecule has 9 aromatic rings. The molecule has 0 saturated heterocycles. The minimum Gasteiger partial charge on any atom is -0.456 e. The van der Waals surface area contributed by atoms with E-state index in [1.165, 1.54) is 33.6 Å². The number of furan rings is 2. The minimum absolute atomic E-state index is 0.0850. The average Bonchev–Trinajstić information content (AvgIpc) is 3.80. The van der Waals surface area contributed by atoms with E-state index >= 15 is 0 Å². The number of para-hydroxylation sites is 1. The molecular formula is C58H52N2O2. The topological polar surface area (TPSA) is 32.8 Å². The van der Waals surface area contributed by atoms with E-state index in [-0.39, 0.29) is 16.9 Å². The summed E-state index contributed by atoms with van der Waals surface area (Å²) in [7, 11) is 0. The van der Waals surface area contributed by atoms with Gasteiger partial charge in [-0.05, 0) is 154 Å². The van der Waals surface area contributed by atoms with Crippen molar-refractivity contribution in [3.63, 3.8) is 0 Å². The predicted octanol–water partition coefficient (Wildman–Crippen LogP) is 16.4. The molecule has 0 amide bonds. The highest BCUT2D eigenvalue weighted by molar-refractivity contribution is 6.17. The molecule has 11 rings (SSSR count). The van der Waals surface area contributed by atoms with Crippen LogP contribution in [0.5, 0.6) is 0 Å². The second-order valence-electron chi connectivity index (χ2n) is 19.4. The van der Waals surface area contributed by atoms with Crippen LogP contribution in [0.4, 0.5) is 22.7 Å². The number of allylic oxidation sites excluding steroid dienone is 4. The van der Waals surface area contributed by atoms with Crippen LogP contribution in [0.3, 0.4) is 0 Å². The van der Waals surface area contributed by atoms with E-state index in [0.29, 0.717) is 0 Å². The third-order valence-corrected chi connectivity index (χ3v) is 13.1. The lowest BCUT2D eigenvalue weighted by molar-refractivity contribution is 0.590. The maximum Gasteiger partial charge on any atom is 0.136 e. The number of anilines is 4. The SMILES string of the molecule is CC(C)(C)c1ccc(N(c2ccccc2)c2ccc3cc4c(cc3c2)oc2cc3c(cc24)oc2cc4c(cc23)C=CC(N(C2=CC=CCC2)c2ccc(C(C)(C)C)cc2)C4)cc1. The molecule has 0 aliphatic heterocycles. The second-order valence-corrected chi connectivity index (χ2v) is 19.4. The molecule has 0 bridgehead atoms. The maximum atomic E-state index is 6.72. The zero-order valence-corrected chi connectivity index (χ0v) is 36.5. The average molecular weight is 809 g/mol. The van der Waals surface area contributed by atoms with Crippen molar-refractivity contribution in [3.8, 4) is 0 Å². The first-order valence-corrected chi connectivity index (χ1v) is 22.1. The van der Waals surface area contributed by atoms with Crippen molar-refractivity contribution < 1.29 is 8.83 Å². The highest BCUT2D eigenvalue weighted by atomic mass is 16.3. The lowest BCUT2D eigenvalue weighted by Gasteiger charge is -2.37. The number of nitrogens with zero attached hydrogens (tertiary/aromatic N) is 2. The summed E-state index contributed by atoms with van der Waals surface area (Å²) in [5, 5.41) is 6.64. The molecule has 1 unspecified atom stereocenters. The Balaban J connectivity index is 0.943. The van der Waals surface area contributed by atoms with Crippen LogP contribution in [0, 0.1) is 0 Å². The van der Waals surface area contributed by atoms with Gasteiger partial charge in [0.2, 0.25) is 0 Å². The van der Waals surface area contributed by atoms with Gasteiger partial charge in [-0.25, -0.2) is 0 Å². The molecule has 0 spiro atoms. The number of rotatable bonds is 6. The van der Waals surface area contributed by atoms with E-state index in [9.17, 15) is 0 Å². The Kier molecular flexibility index (Phi) is 8.87. The van der Waals surface area contributed by atoms with E-state index in [2.05, 4.69) is 215 Å². The molecule has 2 heterocycles. The highest BCUT2D eigenvalue weighted by Crippen LogP contribution is 2.42. The quantitative estimate of drug-likeness (QED) is 0.168. The monoisotopic (exact) mass is 808 g/mol. The van der Waals surface area contributed by atoms with Gasteiger partial charge in [0.15, 0.2) is 0 Å². The summed E-state index contributed by atoms with van der Waals surface area (Å²) in [6, 6.07) is 49.1. The maximum absolute atomic E-state index is 6.72. The first kappa shape index (κ1) is 38.2. The summed E-state index contributed by atoms with van der Waals surface area (Å²) in [4.78, 5) is 4.88. The van der Waals surface area contributed by atoms with Crippen molar-refractivity contribution in [1.29, 1.82) is 0 Å². The van der Waals surface area contributed by atoms with Crippen LogP contribution in [-0.2, 0) is 17.3 Å². The summed E-state index contributed by atoms with van der Waals surface area (Å²) in [6.07, 6.45) is 14.5. The van der Waals surface area contributed by atoms with Crippen LogP contribution >= 0.6 is 0 Å². The van der Waals surface area contributed by atoms with Crippen molar-refractivity contribution in [2.24, 2.45) is 0 Å². The molecule has 2 aliphatic carbocycles. The number of fused-ring (bicyclic) bond motifs is 8. The highest BCUT2D eigenvalue weighted by Gasteiger charge is 2.27. The van der Waals surface area contributed by atoms with E-state index in [1.807, 2.05) is 0 Å². The van der Waals surface area contributed by atoms with Crippen LogP contribution < -0.4 is 9.80 Å². The van der Waals surface area contributed by atoms with Gasteiger partial charge >= 0.3 is 0 Å². The zero-order chi connectivity index (χ0) is 42.3. The van der Waals surface area contributed by atoms with E-state index in [4.69, 9.17) is 8.83 Å². The minimum atomic E-state index is 0.0850. The van der Waals surface area contributed by atoms with Gasteiger partial charge in [-0.3, -0.25) is 0 Å². The molecular weight excluding hydrogens is 757 g/mol. The van der Waals surface area contributed by atoms with Crippen LogP contribution in [0.1, 0.15) is 76.6 Å². The first-order chi connectivity index (χ1) is 29.9. The Labute approximate surface area is 364 Å². The van der Waals surface area contributed by atoms with Gasteiger partial charge in [0.05, 0.1) is 6.04 Å². The van der Waals surface area contributed by atoms with E-state index < -0.39 is 0 Å². The molecule has 0 radical (unpaired) electrons. The molecule has 306 valence electrons. The fourth-order valence-electron chi connectivity index (χ4n) is 9.65. The molecule has 7 aromatic carbocycles. The van der Waals surface area contributed by atoms with Crippen LogP contribution in [0.2, 0.25) is 0 Å². The number of hydrogen-bond donors (Lipinski definition) is 0. The first-order valence-electron chi connectivity index (χ1n) is 22.1. The molecule has 0 N–H and O–H groups in total. The predicted molar refractivity (Wildman–Crippen MR) is 262 cm³/mol. The third kappa shape index (κ3) is 6.70. The molecule has 0 saturated carbocycles. The Morgan fingerprint density at radius 1 is 0.532 bits per heavy atom. The van der Waals surface area contributed by atoms with Crippen molar-refractivity contribution in [1.82, 2.24) is 0 Å². The lowest BCUT2D eigenvalue weighted by Crippen LogP contribution is -2.36. The van der Waals surface area contributed by atoms with E-state index in [1.54, 1.807) is 0 Å². The van der Waals surface area contributed by atoms with Gasteiger partial charge in [-0.2, -0.15) is 0 Å². The van der Waals surface area contributed by atoms with Gasteiger partial charge in [0.25, 0.3) is 0 Å². The van der Waals surface area contributed by atoms with Crippen molar-refractivity contribution in [3.05, 3.63) is 186 Å². The van der Waals surface area contributed by atoms with Crippen molar-refractivity contribution in [2.75, 3.05) is 9.80 Å². The zero-order valence-electron chi connectivity index (χ0n) is 36.5. The van der Waals surface area contributed by atoms with Crippen molar-refractivity contribution >= 4 is 83.5 Å². The summed E-state index contributed by atoms with van der Waals surface area (Å²) in [5.74, 6) is 0. The van der Waals surface area contributed by atoms with E-state index in [0.717, 1.165) is 91.0 Å². The normalized spacial score (nSPS) is 15.5. The molecule has 2 aromatic heterocycles. The lowest BCUT2D eigenvalue weighted by atomic mass is 9.86. The van der Waals surface area contributed by atoms with Gasteiger partial charge < -0.3 is 18.6 Å². The molecule has 4 nitrogen and oxygen atoms in total. The van der Waals surface area contributed by atoms with Crippen LogP contribution in [-0.4, -0.2) is 6.04 Å². The Morgan fingerprint density at radius 3 is 1.76 bits per heavy atom. The Hall–Kier alpha value is -6.78. The van der Waals surface area contributed by atoms with Gasteiger partial charge in [-0.1, -0.05) is 114 Å². The smallest absolute Gasteiger partial charge is 0.136 e. The molecule has 0 fully saturated rings. The summed E-state index contributed by atoms with van der Waals surface area (Å²) in [5.41, 5.74) is 14.9. The fraction of sp³-hybridized carbons (Fsp3) is 0.207. The Bertz CT molecular complexity index is 3270. The van der Waals surface area contributed by atoms with Gasteiger partial charge in [-0.15, -0.1) is 0 Å². The van der Waals surface area contributed by atoms with Gasteiger partial charge in [0.1, 0.15) is 22.3 Å². The Morgan fingerprint density at radius 2 is 1.11 bits per heavy atom. The van der Waals surface area contributed by atoms with Gasteiger partial charge in [0, 0.05) is 50.0 Å². The fourth-order valence-corrected chi connectivity index (χ4v) is 9.65. The summed E-state index contributed by atoms with van der Waals surface area (Å²) >= 11 is 0. The van der Waals surface area contributed by atoms with Crippen LogP contribution in [0.25, 0.3) is 60.7 Å². The largest absolute Gasteiger partial charge is 0.456 e. The van der Waals surface area contributed by atoms with Crippen molar-refractivity contribution in [2.45, 2.75) is 77.7 Å². The number of benzene rings is 7. The molecule has 1 atom stereocenters. The standard InChI is InChI=1S/C58H52N2O2/c1-57(2,3)41-19-25-45(26-20-41)59(43-13-9-7-10-14-43)47-23-17-37-31-49-51-35-56-52(36-55(51)61-53(49)33-39(37)29-47)50-32-38-18-24-48(30-40(38)34-54(50)62-56)60(44-15-11-8-12-16-44)46-27-21-42(22-28-46)58(4,5)6/h7-11,13-15,17-29,31-36,48H,12,16,30H2,1-6H3.